The van der Waals surface area contributed by atoms with E-state index in [1.165, 1.54) is 0 Å². The second kappa shape index (κ2) is 8.91. The molecule has 9 heteroatoms. The molecule has 0 spiro atoms. The van der Waals surface area contributed by atoms with E-state index in [0.29, 0.717) is 36.5 Å². The lowest BCUT2D eigenvalue weighted by atomic mass is 10.2. The van der Waals surface area contributed by atoms with Gasteiger partial charge in [0.25, 0.3) is 0 Å². The lowest BCUT2D eigenvalue weighted by Gasteiger charge is -2.08. The van der Waals surface area contributed by atoms with Crippen molar-refractivity contribution in [2.45, 2.75) is 19.4 Å². The van der Waals surface area contributed by atoms with Gasteiger partial charge in [-0.25, -0.2) is 4.98 Å². The molecule has 1 amide bonds. The third kappa shape index (κ3) is 4.41. The number of carbonyl (C=O) groups excluding carboxylic acids is 1. The van der Waals surface area contributed by atoms with E-state index in [1.54, 1.807) is 7.11 Å². The fourth-order valence-corrected chi connectivity index (χ4v) is 3.45. The fraction of sp³-hybridized carbons (Fsp3) is 0.238. The molecule has 4 aromatic rings. The summed E-state index contributed by atoms with van der Waals surface area (Å²) >= 11 is 5.33. The van der Waals surface area contributed by atoms with Crippen LogP contribution >= 0.6 is 12.2 Å². The number of methoxy groups -OCH3 is 1. The Morgan fingerprint density at radius 1 is 1.23 bits per heavy atom. The predicted molar refractivity (Wildman–Crippen MR) is 116 cm³/mol. The van der Waals surface area contributed by atoms with Gasteiger partial charge in [0.15, 0.2) is 10.6 Å². The molecule has 0 saturated carbocycles. The summed E-state index contributed by atoms with van der Waals surface area (Å²) in [5, 5.41) is 10.1. The van der Waals surface area contributed by atoms with Crippen LogP contribution in [0.2, 0.25) is 0 Å². The lowest BCUT2D eigenvalue weighted by Crippen LogP contribution is -2.26. The highest BCUT2D eigenvalue weighted by Gasteiger charge is 2.11. The van der Waals surface area contributed by atoms with Gasteiger partial charge >= 0.3 is 0 Å². The predicted octanol–water partition coefficient (Wildman–Crippen LogP) is 3.01. The van der Waals surface area contributed by atoms with E-state index in [4.69, 9.17) is 17.0 Å². The van der Waals surface area contributed by atoms with E-state index in [1.807, 2.05) is 63.8 Å². The van der Waals surface area contributed by atoms with Crippen molar-refractivity contribution in [2.75, 3.05) is 13.7 Å². The standard InChI is InChI=1S/C21H22N6O2S/c1-29-17-7-5-15(6-8-17)20-24-25-21(30)27(20)13-10-19(28)22-11-9-16-14-26-12-3-2-4-18(26)23-16/h2-8,12,14H,9-11,13H2,1H3,(H,22,28)(H,25,30). The number of hydrogen-bond donors (Lipinski definition) is 2. The van der Waals surface area contributed by atoms with Crippen molar-refractivity contribution in [3.8, 4) is 17.1 Å². The maximum atomic E-state index is 12.3. The van der Waals surface area contributed by atoms with E-state index in [9.17, 15) is 4.79 Å². The summed E-state index contributed by atoms with van der Waals surface area (Å²) in [5.74, 6) is 1.42. The summed E-state index contributed by atoms with van der Waals surface area (Å²) in [7, 11) is 1.62. The first-order valence-electron chi connectivity index (χ1n) is 9.63. The number of fused-ring (bicyclic) bond motifs is 1. The average Bonchev–Trinajstić information content (AvgIpc) is 3.35. The number of ether oxygens (including phenoxy) is 1. The van der Waals surface area contributed by atoms with Crippen LogP contribution in [0.25, 0.3) is 17.0 Å². The molecule has 3 aromatic heterocycles. The van der Waals surface area contributed by atoms with Crippen LogP contribution in [-0.4, -0.2) is 43.7 Å². The highest BCUT2D eigenvalue weighted by Crippen LogP contribution is 2.21. The van der Waals surface area contributed by atoms with Gasteiger partial charge in [-0.15, -0.1) is 0 Å². The smallest absolute Gasteiger partial charge is 0.221 e. The van der Waals surface area contributed by atoms with Gasteiger partial charge in [0.05, 0.1) is 12.8 Å². The van der Waals surface area contributed by atoms with Crippen LogP contribution in [0, 0.1) is 4.77 Å². The Bertz CT molecular complexity index is 1180. The molecule has 4 rings (SSSR count). The van der Waals surface area contributed by atoms with Crippen LogP contribution in [-0.2, 0) is 17.8 Å². The van der Waals surface area contributed by atoms with Gasteiger partial charge in [0.1, 0.15) is 11.4 Å². The number of amides is 1. The molecule has 2 N–H and O–H groups in total. The van der Waals surface area contributed by atoms with Gasteiger partial charge in [-0.3, -0.25) is 14.5 Å². The monoisotopic (exact) mass is 422 g/mol. The van der Waals surface area contributed by atoms with Crippen LogP contribution in [0.1, 0.15) is 12.1 Å². The molecule has 0 radical (unpaired) electrons. The normalized spacial score (nSPS) is 11.0. The topological polar surface area (TPSA) is 89.2 Å². The molecule has 3 heterocycles. The maximum Gasteiger partial charge on any atom is 0.221 e. The Morgan fingerprint density at radius 2 is 2.07 bits per heavy atom. The first kappa shape index (κ1) is 19.8. The number of hydrogen-bond acceptors (Lipinski definition) is 5. The van der Waals surface area contributed by atoms with Crippen molar-refractivity contribution in [1.82, 2.24) is 29.5 Å². The highest BCUT2D eigenvalue weighted by molar-refractivity contribution is 7.71. The molecule has 0 aliphatic heterocycles. The van der Waals surface area contributed by atoms with Crippen molar-refractivity contribution >= 4 is 23.8 Å². The van der Waals surface area contributed by atoms with Crippen LogP contribution in [0.15, 0.2) is 54.9 Å². The van der Waals surface area contributed by atoms with Crippen LogP contribution in [0.3, 0.4) is 0 Å². The molecule has 30 heavy (non-hydrogen) atoms. The van der Waals surface area contributed by atoms with E-state index >= 15 is 0 Å². The lowest BCUT2D eigenvalue weighted by molar-refractivity contribution is -0.121. The minimum absolute atomic E-state index is 0.0393. The molecule has 0 fully saturated rings. The minimum atomic E-state index is -0.0393. The SMILES string of the molecule is COc1ccc(-c2n[nH]c(=S)n2CCC(=O)NCCc2cn3ccccc3n2)cc1. The Kier molecular flexibility index (Phi) is 5.89. The number of carbonyl (C=O) groups is 1. The van der Waals surface area contributed by atoms with Gasteiger partial charge in [-0.2, -0.15) is 5.10 Å². The summed E-state index contributed by atoms with van der Waals surface area (Å²) in [6, 6.07) is 13.4. The number of aromatic amines is 1. The number of imidazole rings is 1. The Labute approximate surface area is 178 Å². The van der Waals surface area contributed by atoms with Gasteiger partial charge in [-0.1, -0.05) is 6.07 Å². The number of nitrogens with one attached hydrogen (secondary N) is 2. The summed E-state index contributed by atoms with van der Waals surface area (Å²) < 4.78 is 9.48. The highest BCUT2D eigenvalue weighted by atomic mass is 32.1. The van der Waals surface area contributed by atoms with Crippen LogP contribution in [0.4, 0.5) is 0 Å². The first-order chi connectivity index (χ1) is 14.6. The second-order valence-corrected chi connectivity index (χ2v) is 7.17. The van der Waals surface area contributed by atoms with E-state index in [-0.39, 0.29) is 5.91 Å². The number of nitrogens with zero attached hydrogens (tertiary/aromatic N) is 4. The Hall–Kier alpha value is -3.46. The van der Waals surface area contributed by atoms with Crippen LogP contribution in [0.5, 0.6) is 5.75 Å². The summed E-state index contributed by atoms with van der Waals surface area (Å²) in [4.78, 5) is 16.8. The number of benzene rings is 1. The molecule has 0 atom stereocenters. The summed E-state index contributed by atoms with van der Waals surface area (Å²) in [6.45, 7) is 0.974. The molecule has 8 nitrogen and oxygen atoms in total. The Morgan fingerprint density at radius 3 is 2.83 bits per heavy atom. The van der Waals surface area contributed by atoms with Crippen molar-refractivity contribution in [3.05, 3.63) is 65.3 Å². The van der Waals surface area contributed by atoms with E-state index in [2.05, 4.69) is 20.5 Å². The molecular formula is C21H22N6O2S. The summed E-state index contributed by atoms with van der Waals surface area (Å²) in [6.07, 6.45) is 4.92. The number of rotatable bonds is 8. The van der Waals surface area contributed by atoms with Crippen molar-refractivity contribution in [1.29, 1.82) is 0 Å². The third-order valence-corrected chi connectivity index (χ3v) is 5.10. The van der Waals surface area contributed by atoms with Gasteiger partial charge in [-0.05, 0) is 48.6 Å². The van der Waals surface area contributed by atoms with E-state index in [0.717, 1.165) is 22.7 Å². The minimum Gasteiger partial charge on any atom is -0.497 e. The summed E-state index contributed by atoms with van der Waals surface area (Å²) in [5.41, 5.74) is 2.75. The van der Waals surface area contributed by atoms with Gasteiger partial charge in [0.2, 0.25) is 5.91 Å². The Balaban J connectivity index is 1.32. The third-order valence-electron chi connectivity index (χ3n) is 4.79. The zero-order valence-electron chi connectivity index (χ0n) is 16.5. The number of aromatic nitrogens is 5. The quantitative estimate of drug-likeness (QED) is 0.426. The van der Waals surface area contributed by atoms with E-state index < -0.39 is 0 Å². The zero-order chi connectivity index (χ0) is 20.9. The van der Waals surface area contributed by atoms with Crippen molar-refractivity contribution < 1.29 is 9.53 Å². The van der Waals surface area contributed by atoms with Gasteiger partial charge in [0, 0.05) is 43.9 Å². The molecule has 0 saturated heterocycles. The zero-order valence-corrected chi connectivity index (χ0v) is 17.4. The fourth-order valence-electron chi connectivity index (χ4n) is 3.22. The van der Waals surface area contributed by atoms with Crippen molar-refractivity contribution in [3.63, 3.8) is 0 Å². The van der Waals surface area contributed by atoms with Crippen LogP contribution < -0.4 is 10.1 Å². The number of pyridine rings is 1. The largest absolute Gasteiger partial charge is 0.497 e. The second-order valence-electron chi connectivity index (χ2n) is 6.78. The molecule has 154 valence electrons. The molecule has 0 aliphatic rings. The van der Waals surface area contributed by atoms with Gasteiger partial charge < -0.3 is 14.5 Å². The maximum absolute atomic E-state index is 12.3. The average molecular weight is 423 g/mol. The van der Waals surface area contributed by atoms with Crippen molar-refractivity contribution in [2.24, 2.45) is 0 Å². The molecule has 0 unspecified atom stereocenters. The molecule has 0 aliphatic carbocycles. The molecular weight excluding hydrogens is 400 g/mol. The number of H-pyrrole nitrogens is 1. The first-order valence-corrected chi connectivity index (χ1v) is 10.0. The molecule has 0 bridgehead atoms. The molecule has 1 aromatic carbocycles.